The summed E-state index contributed by atoms with van der Waals surface area (Å²) >= 11 is 2.42. The third-order valence-electron chi connectivity index (χ3n) is 2.67. The van der Waals surface area contributed by atoms with Crippen molar-refractivity contribution in [2.24, 2.45) is 0 Å². The summed E-state index contributed by atoms with van der Waals surface area (Å²) < 4.78 is 11.5. The molecule has 0 rings (SSSR count). The van der Waals surface area contributed by atoms with E-state index in [-0.39, 0.29) is 15.1 Å². The van der Waals surface area contributed by atoms with Gasteiger partial charge in [-0.15, -0.1) is 0 Å². The lowest BCUT2D eigenvalue weighted by Crippen LogP contribution is -2.38. The second-order valence-electron chi connectivity index (χ2n) is 6.22. The average Bonchev–Trinajstić information content (AvgIpc) is 2.18. The molecule has 0 fully saturated rings. The van der Waals surface area contributed by atoms with Gasteiger partial charge in [-0.3, -0.25) is 0 Å². The molecule has 0 aromatic carbocycles. The van der Waals surface area contributed by atoms with E-state index in [1.807, 2.05) is 0 Å². The quantitative estimate of drug-likeness (QED) is 0.383. The molecule has 0 radical (unpaired) electrons. The van der Waals surface area contributed by atoms with Gasteiger partial charge in [-0.1, -0.05) is 22.6 Å². The number of hydrogen-bond donors (Lipinski definition) is 1. The maximum Gasteiger partial charge on any atom is 0.0687 e. The Morgan fingerprint density at radius 3 is 2.17 bits per heavy atom. The van der Waals surface area contributed by atoms with E-state index in [9.17, 15) is 0 Å². The normalized spacial score (nSPS) is 14.8. The van der Waals surface area contributed by atoms with Crippen molar-refractivity contribution < 1.29 is 9.47 Å². The molecule has 4 heteroatoms. The molecule has 0 amide bonds. The van der Waals surface area contributed by atoms with Crippen LogP contribution in [0.1, 0.15) is 48.0 Å². The highest BCUT2D eigenvalue weighted by Gasteiger charge is 2.22. The minimum absolute atomic E-state index is 0.174. The smallest absolute Gasteiger partial charge is 0.0687 e. The standard InChI is InChI=1S/C14H30INO2/c1-12(14(5,6)15)18-10-7-9-17-11-8-16-13(2,3)4/h12,16H,7-11H2,1-6H3/t12-/m0/s1. The number of hydrogen-bond acceptors (Lipinski definition) is 3. The molecule has 1 N–H and O–H groups in total. The van der Waals surface area contributed by atoms with E-state index in [1.54, 1.807) is 0 Å². The molecule has 0 aromatic rings. The van der Waals surface area contributed by atoms with Crippen molar-refractivity contribution in [1.29, 1.82) is 0 Å². The molecule has 0 saturated heterocycles. The fraction of sp³-hybridized carbons (Fsp3) is 1.00. The maximum atomic E-state index is 5.76. The summed E-state index contributed by atoms with van der Waals surface area (Å²) in [5.74, 6) is 0. The zero-order chi connectivity index (χ0) is 14.2. The monoisotopic (exact) mass is 371 g/mol. The molecule has 0 aliphatic carbocycles. The number of rotatable bonds is 9. The van der Waals surface area contributed by atoms with Gasteiger partial charge in [0.05, 0.1) is 12.7 Å². The van der Waals surface area contributed by atoms with Crippen LogP contribution in [0.3, 0.4) is 0 Å². The molecular formula is C14H30INO2. The van der Waals surface area contributed by atoms with Crippen LogP contribution >= 0.6 is 22.6 Å². The molecule has 1 atom stereocenters. The minimum Gasteiger partial charge on any atom is -0.380 e. The minimum atomic E-state index is 0.174. The highest BCUT2D eigenvalue weighted by atomic mass is 127. The molecule has 0 unspecified atom stereocenters. The number of halogens is 1. The Morgan fingerprint density at radius 1 is 1.06 bits per heavy atom. The van der Waals surface area contributed by atoms with E-state index >= 15 is 0 Å². The van der Waals surface area contributed by atoms with Gasteiger partial charge in [0.1, 0.15) is 0 Å². The Kier molecular flexibility index (Phi) is 9.01. The van der Waals surface area contributed by atoms with Crippen LogP contribution < -0.4 is 5.32 Å². The van der Waals surface area contributed by atoms with Crippen molar-refractivity contribution >= 4 is 22.6 Å². The van der Waals surface area contributed by atoms with Crippen LogP contribution in [0.4, 0.5) is 0 Å². The lowest BCUT2D eigenvalue weighted by atomic mass is 10.1. The van der Waals surface area contributed by atoms with Crippen molar-refractivity contribution in [1.82, 2.24) is 5.32 Å². The van der Waals surface area contributed by atoms with E-state index in [0.29, 0.717) is 0 Å². The van der Waals surface area contributed by atoms with Crippen LogP contribution in [0.2, 0.25) is 0 Å². The van der Waals surface area contributed by atoms with Crippen LogP contribution in [-0.4, -0.2) is 41.4 Å². The molecule has 0 spiro atoms. The zero-order valence-corrected chi connectivity index (χ0v) is 15.0. The number of nitrogens with one attached hydrogen (secondary N) is 1. The number of alkyl halides is 1. The van der Waals surface area contributed by atoms with Crippen LogP contribution in [0.15, 0.2) is 0 Å². The Labute approximate surface area is 127 Å². The molecule has 0 saturated carbocycles. The third kappa shape index (κ3) is 11.7. The van der Waals surface area contributed by atoms with Gasteiger partial charge in [-0.25, -0.2) is 0 Å². The summed E-state index contributed by atoms with van der Waals surface area (Å²) in [6.45, 7) is 16.2. The fourth-order valence-corrected chi connectivity index (χ4v) is 1.40. The Morgan fingerprint density at radius 2 is 1.67 bits per heavy atom. The summed E-state index contributed by atoms with van der Waals surface area (Å²) in [5, 5.41) is 3.39. The van der Waals surface area contributed by atoms with Crippen molar-refractivity contribution in [3.05, 3.63) is 0 Å². The van der Waals surface area contributed by atoms with Crippen molar-refractivity contribution in [3.63, 3.8) is 0 Å². The van der Waals surface area contributed by atoms with Gasteiger partial charge < -0.3 is 14.8 Å². The molecule has 3 nitrogen and oxygen atoms in total. The van der Waals surface area contributed by atoms with Gasteiger partial charge in [0.2, 0.25) is 0 Å². The summed E-state index contributed by atoms with van der Waals surface area (Å²) in [4.78, 5) is 0. The van der Waals surface area contributed by atoms with Gasteiger partial charge >= 0.3 is 0 Å². The lowest BCUT2D eigenvalue weighted by Gasteiger charge is -2.25. The first-order valence-corrected chi connectivity index (χ1v) is 7.84. The second kappa shape index (κ2) is 8.72. The number of ether oxygens (including phenoxy) is 2. The molecule has 0 aliphatic rings. The van der Waals surface area contributed by atoms with E-state index in [0.717, 1.165) is 32.8 Å². The van der Waals surface area contributed by atoms with E-state index in [4.69, 9.17) is 9.47 Å². The topological polar surface area (TPSA) is 30.5 Å². The van der Waals surface area contributed by atoms with Crippen LogP contribution in [0.5, 0.6) is 0 Å². The van der Waals surface area contributed by atoms with E-state index in [1.165, 1.54) is 0 Å². The van der Waals surface area contributed by atoms with Crippen LogP contribution in [0.25, 0.3) is 0 Å². The van der Waals surface area contributed by atoms with Gasteiger partial charge in [-0.05, 0) is 48.0 Å². The van der Waals surface area contributed by atoms with E-state index in [2.05, 4.69) is 69.5 Å². The molecule has 0 aliphatic heterocycles. The van der Waals surface area contributed by atoms with Gasteiger partial charge in [0.15, 0.2) is 0 Å². The third-order valence-corrected chi connectivity index (χ3v) is 3.55. The molecular weight excluding hydrogens is 341 g/mol. The van der Waals surface area contributed by atoms with Crippen LogP contribution in [-0.2, 0) is 9.47 Å². The van der Waals surface area contributed by atoms with Gasteiger partial charge in [0.25, 0.3) is 0 Å². The largest absolute Gasteiger partial charge is 0.380 e. The van der Waals surface area contributed by atoms with Gasteiger partial charge in [-0.2, -0.15) is 0 Å². The Balaban J connectivity index is 3.32. The summed E-state index contributed by atoms with van der Waals surface area (Å²) in [6, 6.07) is 0. The zero-order valence-electron chi connectivity index (χ0n) is 12.8. The van der Waals surface area contributed by atoms with Crippen molar-refractivity contribution in [2.75, 3.05) is 26.4 Å². The first-order chi connectivity index (χ1) is 8.13. The fourth-order valence-electron chi connectivity index (χ4n) is 1.22. The van der Waals surface area contributed by atoms with Gasteiger partial charge in [0, 0.05) is 28.7 Å². The molecule has 0 bridgehead atoms. The molecule has 18 heavy (non-hydrogen) atoms. The highest BCUT2D eigenvalue weighted by molar-refractivity contribution is 14.1. The van der Waals surface area contributed by atoms with Crippen molar-refractivity contribution in [2.45, 2.75) is 63.0 Å². The SMILES string of the molecule is C[C@H](OCCCOCCNC(C)(C)C)C(C)(C)I. The van der Waals surface area contributed by atoms with E-state index < -0.39 is 0 Å². The summed E-state index contributed by atoms with van der Waals surface area (Å²) in [6.07, 6.45) is 1.24. The maximum absolute atomic E-state index is 5.76. The average molecular weight is 371 g/mol. The lowest BCUT2D eigenvalue weighted by molar-refractivity contribution is 0.0313. The second-order valence-corrected chi connectivity index (χ2v) is 9.00. The first kappa shape index (κ1) is 18.6. The predicted molar refractivity (Wildman–Crippen MR) is 86.7 cm³/mol. The van der Waals surface area contributed by atoms with Crippen molar-refractivity contribution in [3.8, 4) is 0 Å². The molecule has 0 heterocycles. The highest BCUT2D eigenvalue weighted by Crippen LogP contribution is 2.23. The first-order valence-electron chi connectivity index (χ1n) is 6.76. The molecule has 110 valence electrons. The predicted octanol–water partition coefficient (Wildman–Crippen LogP) is 3.40. The molecule has 0 aromatic heterocycles. The summed E-state index contributed by atoms with van der Waals surface area (Å²) in [7, 11) is 0. The van der Waals surface area contributed by atoms with Crippen LogP contribution in [0, 0.1) is 0 Å². The summed E-state index contributed by atoms with van der Waals surface area (Å²) in [5.41, 5.74) is 0.174. The Hall–Kier alpha value is 0.610. The Bertz CT molecular complexity index is 209.